The average molecular weight is 255 g/mol. The summed E-state index contributed by atoms with van der Waals surface area (Å²) in [6, 6.07) is 0. The minimum absolute atomic E-state index is 0.255. The number of nitrogens with one attached hydrogen (secondary N) is 1. The lowest BCUT2D eigenvalue weighted by Crippen LogP contribution is -2.43. The molecule has 0 amide bonds. The molecule has 108 valence electrons. The van der Waals surface area contributed by atoms with E-state index >= 15 is 0 Å². The second-order valence-corrected chi connectivity index (χ2v) is 5.80. The van der Waals surface area contributed by atoms with Gasteiger partial charge in [0.25, 0.3) is 0 Å². The Morgan fingerprint density at radius 2 is 1.72 bits per heavy atom. The fourth-order valence-corrected chi connectivity index (χ4v) is 2.65. The maximum absolute atomic E-state index is 6.19. The van der Waals surface area contributed by atoms with Crippen LogP contribution in [0.25, 0.3) is 0 Å². The Labute approximate surface area is 114 Å². The quantitative estimate of drug-likeness (QED) is 0.525. The van der Waals surface area contributed by atoms with Crippen molar-refractivity contribution in [1.29, 1.82) is 0 Å². The lowest BCUT2D eigenvalue weighted by molar-refractivity contribution is -0.105. The Hall–Kier alpha value is -0.0800. The van der Waals surface area contributed by atoms with Crippen molar-refractivity contribution in [3.05, 3.63) is 0 Å². The molecule has 1 saturated carbocycles. The monoisotopic (exact) mass is 255 g/mol. The third-order valence-corrected chi connectivity index (χ3v) is 4.11. The fourth-order valence-electron chi connectivity index (χ4n) is 2.65. The van der Waals surface area contributed by atoms with Crippen LogP contribution < -0.4 is 5.32 Å². The van der Waals surface area contributed by atoms with Crippen LogP contribution in [-0.2, 0) is 4.74 Å². The van der Waals surface area contributed by atoms with Crippen LogP contribution in [0.2, 0.25) is 0 Å². The Morgan fingerprint density at radius 1 is 0.944 bits per heavy atom. The highest BCUT2D eigenvalue weighted by Crippen LogP contribution is 2.38. The van der Waals surface area contributed by atoms with Gasteiger partial charge in [-0.05, 0) is 51.6 Å². The molecular formula is C16H33NO. The first-order chi connectivity index (χ1) is 8.83. The van der Waals surface area contributed by atoms with Gasteiger partial charge in [0.15, 0.2) is 0 Å². The maximum Gasteiger partial charge on any atom is 0.0694 e. The largest absolute Gasteiger partial charge is 0.375 e. The van der Waals surface area contributed by atoms with E-state index in [-0.39, 0.29) is 5.60 Å². The summed E-state index contributed by atoms with van der Waals surface area (Å²) < 4.78 is 6.19. The normalized spacial score (nSPS) is 17.7. The van der Waals surface area contributed by atoms with E-state index in [0.29, 0.717) is 0 Å². The van der Waals surface area contributed by atoms with Crippen molar-refractivity contribution < 1.29 is 4.74 Å². The van der Waals surface area contributed by atoms with Crippen molar-refractivity contribution >= 4 is 0 Å². The second-order valence-electron chi connectivity index (χ2n) is 5.80. The molecule has 0 saturated heterocycles. The molecule has 0 spiro atoms. The molecule has 0 heterocycles. The van der Waals surface area contributed by atoms with Crippen molar-refractivity contribution in [1.82, 2.24) is 5.32 Å². The highest BCUT2D eigenvalue weighted by molar-refractivity contribution is 4.90. The molecule has 0 unspecified atom stereocenters. The predicted octanol–water partition coefficient (Wildman–Crippen LogP) is 4.29. The van der Waals surface area contributed by atoms with Gasteiger partial charge in [-0.25, -0.2) is 0 Å². The van der Waals surface area contributed by atoms with Gasteiger partial charge in [0.2, 0.25) is 0 Å². The molecular weight excluding hydrogens is 222 g/mol. The summed E-state index contributed by atoms with van der Waals surface area (Å²) in [4.78, 5) is 0. The van der Waals surface area contributed by atoms with Gasteiger partial charge in [-0.1, -0.05) is 39.5 Å². The van der Waals surface area contributed by atoms with E-state index in [4.69, 9.17) is 4.74 Å². The molecule has 0 bridgehead atoms. The summed E-state index contributed by atoms with van der Waals surface area (Å²) in [6.07, 6.45) is 13.1. The predicted molar refractivity (Wildman–Crippen MR) is 79.1 cm³/mol. The summed E-state index contributed by atoms with van der Waals surface area (Å²) >= 11 is 0. The molecule has 2 nitrogen and oxygen atoms in total. The van der Waals surface area contributed by atoms with Crippen LogP contribution in [0.5, 0.6) is 0 Å². The van der Waals surface area contributed by atoms with Crippen molar-refractivity contribution in [2.45, 2.75) is 83.7 Å². The van der Waals surface area contributed by atoms with Gasteiger partial charge < -0.3 is 10.1 Å². The summed E-state index contributed by atoms with van der Waals surface area (Å²) in [5, 5.41) is 3.50. The average Bonchev–Trinajstić information content (AvgIpc) is 2.34. The zero-order valence-corrected chi connectivity index (χ0v) is 12.6. The highest BCUT2D eigenvalue weighted by Gasteiger charge is 2.37. The summed E-state index contributed by atoms with van der Waals surface area (Å²) in [5.74, 6) is 0. The molecule has 2 heteroatoms. The van der Waals surface area contributed by atoms with Crippen LogP contribution in [0.3, 0.4) is 0 Å². The number of rotatable bonds is 12. The molecule has 18 heavy (non-hydrogen) atoms. The standard InChI is InChI=1S/C16H33NO/c1-3-5-6-7-8-15-18-16(10-9-11-16)12-14-17-13-4-2/h17H,3-15H2,1-2H3. The molecule has 1 fully saturated rings. The van der Waals surface area contributed by atoms with Crippen LogP contribution in [0.1, 0.15) is 78.1 Å². The van der Waals surface area contributed by atoms with E-state index in [1.54, 1.807) is 0 Å². The van der Waals surface area contributed by atoms with Gasteiger partial charge in [-0.15, -0.1) is 0 Å². The Morgan fingerprint density at radius 3 is 2.33 bits per heavy atom. The molecule has 0 aromatic carbocycles. The molecule has 1 aliphatic rings. The van der Waals surface area contributed by atoms with Crippen molar-refractivity contribution in [2.75, 3.05) is 19.7 Å². The number of ether oxygens (including phenoxy) is 1. The topological polar surface area (TPSA) is 21.3 Å². The van der Waals surface area contributed by atoms with Gasteiger partial charge in [0.05, 0.1) is 5.60 Å². The minimum Gasteiger partial charge on any atom is -0.375 e. The first-order valence-corrected chi connectivity index (χ1v) is 8.17. The van der Waals surface area contributed by atoms with E-state index in [1.165, 1.54) is 64.2 Å². The van der Waals surface area contributed by atoms with Crippen LogP contribution in [-0.4, -0.2) is 25.3 Å². The Kier molecular flexibility index (Phi) is 8.70. The molecule has 1 aliphatic carbocycles. The van der Waals surface area contributed by atoms with Gasteiger partial charge in [-0.3, -0.25) is 0 Å². The van der Waals surface area contributed by atoms with Gasteiger partial charge in [0, 0.05) is 6.61 Å². The fraction of sp³-hybridized carbons (Fsp3) is 1.00. The van der Waals surface area contributed by atoms with Crippen LogP contribution in [0.4, 0.5) is 0 Å². The van der Waals surface area contributed by atoms with Gasteiger partial charge >= 0.3 is 0 Å². The molecule has 0 aromatic heterocycles. The number of unbranched alkanes of at least 4 members (excludes halogenated alkanes) is 4. The summed E-state index contributed by atoms with van der Waals surface area (Å²) in [7, 11) is 0. The highest BCUT2D eigenvalue weighted by atomic mass is 16.5. The zero-order chi connectivity index (χ0) is 13.1. The van der Waals surface area contributed by atoms with Crippen molar-refractivity contribution in [2.24, 2.45) is 0 Å². The van der Waals surface area contributed by atoms with E-state index < -0.39 is 0 Å². The van der Waals surface area contributed by atoms with E-state index in [1.807, 2.05) is 0 Å². The number of hydrogen-bond acceptors (Lipinski definition) is 2. The Balaban J connectivity index is 2.01. The van der Waals surface area contributed by atoms with Crippen LogP contribution >= 0.6 is 0 Å². The molecule has 1 N–H and O–H groups in total. The minimum atomic E-state index is 0.255. The third-order valence-electron chi connectivity index (χ3n) is 4.11. The molecule has 1 rings (SSSR count). The van der Waals surface area contributed by atoms with Crippen molar-refractivity contribution in [3.63, 3.8) is 0 Å². The molecule has 0 aromatic rings. The van der Waals surface area contributed by atoms with E-state index in [0.717, 1.165) is 19.7 Å². The van der Waals surface area contributed by atoms with Crippen molar-refractivity contribution in [3.8, 4) is 0 Å². The van der Waals surface area contributed by atoms with Crippen LogP contribution in [0.15, 0.2) is 0 Å². The van der Waals surface area contributed by atoms with Crippen LogP contribution in [0, 0.1) is 0 Å². The van der Waals surface area contributed by atoms with Gasteiger partial charge in [-0.2, -0.15) is 0 Å². The molecule has 0 aliphatic heterocycles. The van der Waals surface area contributed by atoms with E-state index in [2.05, 4.69) is 19.2 Å². The summed E-state index contributed by atoms with van der Waals surface area (Å²) in [5.41, 5.74) is 0.255. The summed E-state index contributed by atoms with van der Waals surface area (Å²) in [6.45, 7) is 7.75. The lowest BCUT2D eigenvalue weighted by Gasteiger charge is -2.42. The maximum atomic E-state index is 6.19. The number of hydrogen-bond donors (Lipinski definition) is 1. The Bertz CT molecular complexity index is 190. The smallest absolute Gasteiger partial charge is 0.0694 e. The SMILES string of the molecule is CCCCCCCOC1(CCNCCC)CCC1. The molecule has 0 atom stereocenters. The third kappa shape index (κ3) is 6.19. The first kappa shape index (κ1) is 16.0. The zero-order valence-electron chi connectivity index (χ0n) is 12.6. The van der Waals surface area contributed by atoms with Gasteiger partial charge in [0.1, 0.15) is 0 Å². The van der Waals surface area contributed by atoms with E-state index in [9.17, 15) is 0 Å². The first-order valence-electron chi connectivity index (χ1n) is 8.17. The molecule has 0 radical (unpaired) electrons. The second kappa shape index (κ2) is 9.80. The lowest BCUT2D eigenvalue weighted by atomic mass is 9.77.